The summed E-state index contributed by atoms with van der Waals surface area (Å²) in [7, 11) is 0. The molecule has 0 aliphatic carbocycles. The monoisotopic (exact) mass is 304 g/mol. The van der Waals surface area contributed by atoms with Gasteiger partial charge in [0.2, 0.25) is 0 Å². The van der Waals surface area contributed by atoms with Crippen LogP contribution in [0.5, 0.6) is 0 Å². The van der Waals surface area contributed by atoms with Gasteiger partial charge in [-0.15, -0.1) is 0 Å². The summed E-state index contributed by atoms with van der Waals surface area (Å²) in [5, 5.41) is 0.138. The Morgan fingerprint density at radius 2 is 2.05 bits per heavy atom. The molecule has 2 aromatic rings. The van der Waals surface area contributed by atoms with Crippen molar-refractivity contribution in [1.29, 1.82) is 0 Å². The van der Waals surface area contributed by atoms with Crippen LogP contribution in [-0.4, -0.2) is 21.6 Å². The van der Waals surface area contributed by atoms with Gasteiger partial charge in [0.05, 0.1) is 12.4 Å². The first-order valence-corrected chi connectivity index (χ1v) is 7.03. The molecular weight excluding hydrogens is 288 g/mol. The largest absolute Gasteiger partial charge is 0.454 e. The van der Waals surface area contributed by atoms with Crippen LogP contribution < -0.4 is 0 Å². The van der Waals surface area contributed by atoms with Crippen molar-refractivity contribution in [3.05, 3.63) is 65.7 Å². The van der Waals surface area contributed by atoms with E-state index in [0.29, 0.717) is 0 Å². The molecule has 110 valence electrons. The SMILES string of the molecule is C=CC(C)OC(=O)c1c(Cl)ncn1[C@H](C)c1ccccc1. The number of imidazole rings is 1. The van der Waals surface area contributed by atoms with Gasteiger partial charge in [-0.2, -0.15) is 0 Å². The molecule has 0 aliphatic heterocycles. The van der Waals surface area contributed by atoms with E-state index in [1.165, 1.54) is 0 Å². The predicted molar refractivity (Wildman–Crippen MR) is 82.6 cm³/mol. The van der Waals surface area contributed by atoms with Crippen LogP contribution in [0.4, 0.5) is 0 Å². The van der Waals surface area contributed by atoms with Gasteiger partial charge < -0.3 is 9.30 Å². The van der Waals surface area contributed by atoms with E-state index in [9.17, 15) is 4.79 Å². The maximum Gasteiger partial charge on any atom is 0.358 e. The van der Waals surface area contributed by atoms with E-state index in [0.717, 1.165) is 5.56 Å². The number of hydrogen-bond donors (Lipinski definition) is 0. The fraction of sp³-hybridized carbons (Fsp3) is 0.250. The van der Waals surface area contributed by atoms with E-state index in [2.05, 4.69) is 11.6 Å². The fourth-order valence-electron chi connectivity index (χ4n) is 1.99. The van der Waals surface area contributed by atoms with Crippen LogP contribution in [0.2, 0.25) is 5.15 Å². The number of rotatable bonds is 5. The summed E-state index contributed by atoms with van der Waals surface area (Å²) >= 11 is 6.04. The third kappa shape index (κ3) is 3.34. The number of carbonyl (C=O) groups is 1. The summed E-state index contributed by atoms with van der Waals surface area (Å²) in [6.45, 7) is 7.30. The van der Waals surface area contributed by atoms with Gasteiger partial charge >= 0.3 is 5.97 Å². The number of benzene rings is 1. The minimum Gasteiger partial charge on any atom is -0.454 e. The van der Waals surface area contributed by atoms with E-state index < -0.39 is 5.97 Å². The quantitative estimate of drug-likeness (QED) is 0.622. The number of ether oxygens (including phenoxy) is 1. The Labute approximate surface area is 129 Å². The topological polar surface area (TPSA) is 44.1 Å². The number of aromatic nitrogens is 2. The van der Waals surface area contributed by atoms with E-state index in [1.54, 1.807) is 23.9 Å². The zero-order valence-electron chi connectivity index (χ0n) is 12.0. The number of carbonyl (C=O) groups excluding carboxylic acids is 1. The van der Waals surface area contributed by atoms with Crippen molar-refractivity contribution in [1.82, 2.24) is 9.55 Å². The molecule has 4 nitrogen and oxygen atoms in total. The van der Waals surface area contributed by atoms with Crippen LogP contribution in [-0.2, 0) is 4.74 Å². The van der Waals surface area contributed by atoms with Crippen LogP contribution in [0.3, 0.4) is 0 Å². The summed E-state index contributed by atoms with van der Waals surface area (Å²) in [4.78, 5) is 16.3. The molecule has 0 saturated carbocycles. The van der Waals surface area contributed by atoms with E-state index in [1.807, 2.05) is 37.3 Å². The molecule has 0 saturated heterocycles. The molecule has 1 heterocycles. The molecule has 0 radical (unpaired) electrons. The Balaban J connectivity index is 2.34. The molecule has 5 heteroatoms. The molecule has 1 aromatic heterocycles. The molecule has 2 atom stereocenters. The second-order valence-electron chi connectivity index (χ2n) is 4.72. The van der Waals surface area contributed by atoms with Crippen molar-refractivity contribution in [2.75, 3.05) is 0 Å². The Bertz CT molecular complexity index is 637. The molecule has 0 amide bonds. The maximum atomic E-state index is 12.2. The Morgan fingerprint density at radius 3 is 2.67 bits per heavy atom. The lowest BCUT2D eigenvalue weighted by molar-refractivity contribution is 0.0411. The predicted octanol–water partition coefficient (Wildman–Crippen LogP) is 3.88. The summed E-state index contributed by atoms with van der Waals surface area (Å²) in [5.74, 6) is -0.507. The standard InChI is InChI=1S/C16H17ClN2O2/c1-4-11(2)21-16(20)14-15(17)18-10-19(14)12(3)13-8-6-5-7-9-13/h4-12H,1H2,2-3H3/t11?,12-/m1/s1. The van der Waals surface area contributed by atoms with Gasteiger partial charge in [-0.3, -0.25) is 0 Å². The van der Waals surface area contributed by atoms with E-state index in [-0.39, 0.29) is 23.0 Å². The minimum atomic E-state index is -0.507. The highest BCUT2D eigenvalue weighted by Gasteiger charge is 2.23. The van der Waals surface area contributed by atoms with Crippen LogP contribution in [0.15, 0.2) is 49.3 Å². The van der Waals surface area contributed by atoms with Gasteiger partial charge in [0, 0.05) is 0 Å². The fourth-order valence-corrected chi connectivity index (χ4v) is 2.20. The minimum absolute atomic E-state index is 0.0761. The maximum absolute atomic E-state index is 12.2. The Morgan fingerprint density at radius 1 is 1.38 bits per heavy atom. The second kappa shape index (κ2) is 6.59. The first-order valence-electron chi connectivity index (χ1n) is 6.65. The normalized spacial score (nSPS) is 13.5. The highest BCUT2D eigenvalue weighted by atomic mass is 35.5. The summed E-state index contributed by atoms with van der Waals surface area (Å²) in [6, 6.07) is 9.73. The van der Waals surface area contributed by atoms with Gasteiger partial charge in [-0.05, 0) is 19.4 Å². The third-order valence-electron chi connectivity index (χ3n) is 3.27. The second-order valence-corrected chi connectivity index (χ2v) is 5.08. The first-order chi connectivity index (χ1) is 10.0. The van der Waals surface area contributed by atoms with Crippen LogP contribution in [0.25, 0.3) is 0 Å². The first kappa shape index (κ1) is 15.3. The van der Waals surface area contributed by atoms with Crippen LogP contribution >= 0.6 is 11.6 Å². The van der Waals surface area contributed by atoms with Gasteiger partial charge in [0.1, 0.15) is 6.10 Å². The number of esters is 1. The highest BCUT2D eigenvalue weighted by Crippen LogP contribution is 2.24. The average molecular weight is 305 g/mol. The zero-order chi connectivity index (χ0) is 15.4. The molecule has 0 fully saturated rings. The third-order valence-corrected chi connectivity index (χ3v) is 3.54. The van der Waals surface area contributed by atoms with Gasteiger partial charge in [-0.25, -0.2) is 9.78 Å². The number of halogens is 1. The van der Waals surface area contributed by atoms with E-state index in [4.69, 9.17) is 16.3 Å². The highest BCUT2D eigenvalue weighted by molar-refractivity contribution is 6.32. The summed E-state index contributed by atoms with van der Waals surface area (Å²) in [6.07, 6.45) is 2.71. The van der Waals surface area contributed by atoms with Crippen molar-refractivity contribution in [3.8, 4) is 0 Å². The molecule has 0 N–H and O–H groups in total. The van der Waals surface area contributed by atoms with E-state index >= 15 is 0 Å². The Hall–Kier alpha value is -2.07. The molecule has 2 rings (SSSR count). The molecule has 1 unspecified atom stereocenters. The molecule has 0 spiro atoms. The van der Waals surface area contributed by atoms with Crippen molar-refractivity contribution < 1.29 is 9.53 Å². The summed E-state index contributed by atoms with van der Waals surface area (Å²) < 4.78 is 6.97. The number of hydrogen-bond acceptors (Lipinski definition) is 3. The van der Waals surface area contributed by atoms with Gasteiger partial charge in [-0.1, -0.05) is 54.6 Å². The van der Waals surface area contributed by atoms with Crippen LogP contribution in [0.1, 0.15) is 35.9 Å². The van der Waals surface area contributed by atoms with Crippen molar-refractivity contribution >= 4 is 17.6 Å². The molecule has 0 aliphatic rings. The molecule has 1 aromatic carbocycles. The smallest absolute Gasteiger partial charge is 0.358 e. The average Bonchev–Trinajstić information content (AvgIpc) is 2.89. The van der Waals surface area contributed by atoms with Crippen molar-refractivity contribution in [2.24, 2.45) is 0 Å². The zero-order valence-corrected chi connectivity index (χ0v) is 12.7. The molecular formula is C16H17ClN2O2. The van der Waals surface area contributed by atoms with Gasteiger partial charge in [0.15, 0.2) is 10.8 Å². The lowest BCUT2D eigenvalue weighted by Gasteiger charge is -2.17. The lowest BCUT2D eigenvalue weighted by atomic mass is 10.1. The number of nitrogens with zero attached hydrogens (tertiary/aromatic N) is 2. The summed E-state index contributed by atoms with van der Waals surface area (Å²) in [5.41, 5.74) is 1.30. The lowest BCUT2D eigenvalue weighted by Crippen LogP contribution is -2.19. The van der Waals surface area contributed by atoms with Crippen LogP contribution in [0, 0.1) is 0 Å². The molecule has 0 bridgehead atoms. The van der Waals surface area contributed by atoms with Crippen molar-refractivity contribution in [3.63, 3.8) is 0 Å². The van der Waals surface area contributed by atoms with Crippen molar-refractivity contribution in [2.45, 2.75) is 26.0 Å². The van der Waals surface area contributed by atoms with Gasteiger partial charge in [0.25, 0.3) is 0 Å². The Kier molecular flexibility index (Phi) is 4.81. The molecule has 21 heavy (non-hydrogen) atoms.